The van der Waals surface area contributed by atoms with Gasteiger partial charge in [0.05, 0.1) is 15.7 Å². The summed E-state index contributed by atoms with van der Waals surface area (Å²) in [4.78, 5) is 9.13. The molecule has 3 heterocycles. The van der Waals surface area contributed by atoms with Gasteiger partial charge in [-0.15, -0.1) is 11.3 Å². The molecule has 0 fully saturated rings. The van der Waals surface area contributed by atoms with Crippen LogP contribution in [0.2, 0.25) is 0 Å². The largest absolute Gasteiger partial charge is 0.382 e. The van der Waals surface area contributed by atoms with Crippen LogP contribution >= 0.6 is 11.3 Å². The van der Waals surface area contributed by atoms with Gasteiger partial charge in [0.25, 0.3) is 0 Å². The first kappa shape index (κ1) is 15.2. The quantitative estimate of drug-likeness (QED) is 0.653. The molecule has 0 unspecified atom stereocenters. The van der Waals surface area contributed by atoms with E-state index in [1.165, 1.54) is 0 Å². The van der Waals surface area contributed by atoms with Crippen molar-refractivity contribution in [2.45, 2.75) is 32.9 Å². The average molecular weight is 319 g/mol. The molecule has 3 aromatic rings. The number of unbranched alkanes of at least 4 members (excludes halogenated alkanes) is 1. The van der Waals surface area contributed by atoms with Crippen LogP contribution in [0.25, 0.3) is 21.3 Å². The molecule has 4 N–H and O–H groups in total. The summed E-state index contributed by atoms with van der Waals surface area (Å²) in [7, 11) is 0. The molecule has 7 heteroatoms. The number of nitrogens with two attached hydrogens (primary N) is 2. The molecule has 0 spiro atoms. The summed E-state index contributed by atoms with van der Waals surface area (Å²) in [5, 5.41) is 2.04. The Hall–Kier alpha value is -1.70. The number of nitrogen functional groups attached to an aromatic ring is 1. The summed E-state index contributed by atoms with van der Waals surface area (Å²) in [6, 6.07) is 2.00. The third-order valence-electron chi connectivity index (χ3n) is 3.66. The van der Waals surface area contributed by atoms with Crippen LogP contribution in [0, 0.1) is 0 Å². The van der Waals surface area contributed by atoms with E-state index in [9.17, 15) is 0 Å². The van der Waals surface area contributed by atoms with E-state index < -0.39 is 0 Å². The average Bonchev–Trinajstić information content (AvgIpc) is 3.10. The molecule has 0 atom stereocenters. The molecule has 0 aliphatic heterocycles. The van der Waals surface area contributed by atoms with Crippen LogP contribution in [0.4, 0.5) is 5.82 Å². The summed E-state index contributed by atoms with van der Waals surface area (Å²) in [6.07, 6.45) is 2.00. The van der Waals surface area contributed by atoms with Crippen molar-refractivity contribution in [2.24, 2.45) is 5.73 Å². The van der Waals surface area contributed by atoms with E-state index in [-0.39, 0.29) is 0 Å². The van der Waals surface area contributed by atoms with Gasteiger partial charge in [-0.25, -0.2) is 9.97 Å². The molecule has 0 aliphatic rings. The van der Waals surface area contributed by atoms with Gasteiger partial charge in [0, 0.05) is 13.2 Å². The molecular weight excluding hydrogens is 298 g/mol. The number of ether oxygens (including phenoxy) is 1. The van der Waals surface area contributed by atoms with Crippen molar-refractivity contribution in [3.63, 3.8) is 0 Å². The Bertz CT molecular complexity index is 779. The highest BCUT2D eigenvalue weighted by Crippen LogP contribution is 2.32. The molecule has 0 radical (unpaired) electrons. The number of hydrogen-bond acceptors (Lipinski definition) is 6. The smallest absolute Gasteiger partial charge is 0.152 e. The van der Waals surface area contributed by atoms with Gasteiger partial charge in [0.15, 0.2) is 5.82 Å². The Morgan fingerprint density at radius 1 is 1.32 bits per heavy atom. The van der Waals surface area contributed by atoms with E-state index >= 15 is 0 Å². The first-order valence-electron chi connectivity index (χ1n) is 7.55. The minimum absolute atomic E-state index is 0.483. The monoisotopic (exact) mass is 319 g/mol. The van der Waals surface area contributed by atoms with Gasteiger partial charge in [0.2, 0.25) is 0 Å². The predicted molar refractivity (Wildman–Crippen MR) is 90.9 cm³/mol. The fourth-order valence-electron chi connectivity index (χ4n) is 2.62. The molecule has 6 nitrogen and oxygen atoms in total. The SMILES string of the molecule is CCOCc1nc2c(N)nc3ccsc3c2n1CCCCN. The van der Waals surface area contributed by atoms with Crippen molar-refractivity contribution in [1.29, 1.82) is 0 Å². The Balaban J connectivity index is 2.15. The zero-order chi connectivity index (χ0) is 15.5. The third-order valence-corrected chi connectivity index (χ3v) is 4.57. The summed E-state index contributed by atoms with van der Waals surface area (Å²) < 4.78 is 8.92. The molecule has 0 amide bonds. The van der Waals surface area contributed by atoms with Crippen molar-refractivity contribution < 1.29 is 4.74 Å². The summed E-state index contributed by atoms with van der Waals surface area (Å²) in [5.41, 5.74) is 14.5. The van der Waals surface area contributed by atoms with Gasteiger partial charge in [-0.05, 0) is 37.8 Å². The molecule has 0 saturated carbocycles. The van der Waals surface area contributed by atoms with Crippen LogP contribution in [-0.2, 0) is 17.9 Å². The molecule has 22 heavy (non-hydrogen) atoms. The normalized spacial score (nSPS) is 11.7. The van der Waals surface area contributed by atoms with Crippen LogP contribution in [0.15, 0.2) is 11.4 Å². The van der Waals surface area contributed by atoms with Gasteiger partial charge < -0.3 is 20.8 Å². The Kier molecular flexibility index (Phi) is 4.56. The molecule has 0 saturated heterocycles. The molecule has 0 aromatic carbocycles. The molecular formula is C15H21N5OS. The van der Waals surface area contributed by atoms with E-state index in [0.29, 0.717) is 25.6 Å². The van der Waals surface area contributed by atoms with E-state index in [1.807, 2.05) is 18.4 Å². The molecule has 3 aromatic heterocycles. The second-order valence-electron chi connectivity index (χ2n) is 5.14. The Labute approximate surface area is 133 Å². The lowest BCUT2D eigenvalue weighted by Gasteiger charge is -2.09. The van der Waals surface area contributed by atoms with Crippen LogP contribution < -0.4 is 11.5 Å². The van der Waals surface area contributed by atoms with Crippen molar-refractivity contribution in [3.05, 3.63) is 17.3 Å². The lowest BCUT2D eigenvalue weighted by Crippen LogP contribution is -2.08. The number of imidazole rings is 1. The van der Waals surface area contributed by atoms with Crippen molar-refractivity contribution in [1.82, 2.24) is 14.5 Å². The first-order chi connectivity index (χ1) is 10.8. The van der Waals surface area contributed by atoms with E-state index in [0.717, 1.165) is 46.5 Å². The maximum atomic E-state index is 6.10. The van der Waals surface area contributed by atoms with Gasteiger partial charge in [-0.2, -0.15) is 0 Å². The number of thiophene rings is 1. The number of pyridine rings is 1. The second kappa shape index (κ2) is 6.60. The zero-order valence-electron chi connectivity index (χ0n) is 12.7. The topological polar surface area (TPSA) is 92.0 Å². The number of anilines is 1. The Morgan fingerprint density at radius 2 is 2.18 bits per heavy atom. The minimum atomic E-state index is 0.483. The van der Waals surface area contributed by atoms with Gasteiger partial charge in [0.1, 0.15) is 17.9 Å². The maximum absolute atomic E-state index is 6.10. The summed E-state index contributed by atoms with van der Waals surface area (Å²) >= 11 is 1.67. The van der Waals surface area contributed by atoms with Crippen LogP contribution in [0.1, 0.15) is 25.6 Å². The highest BCUT2D eigenvalue weighted by atomic mass is 32.1. The molecule has 0 bridgehead atoms. The van der Waals surface area contributed by atoms with Crippen LogP contribution in [0.5, 0.6) is 0 Å². The zero-order valence-corrected chi connectivity index (χ0v) is 13.5. The molecule has 3 rings (SSSR count). The van der Waals surface area contributed by atoms with E-state index in [4.69, 9.17) is 16.2 Å². The number of aryl methyl sites for hydroxylation is 1. The number of nitrogens with zero attached hydrogens (tertiary/aromatic N) is 3. The standard InChI is InChI=1S/C15H21N5OS/c1-2-21-9-11-19-12-13(20(11)7-4-3-6-16)14-10(5-8-22-14)18-15(12)17/h5,8H,2-4,6-7,9,16H2,1H3,(H2,17,18). The van der Waals surface area contributed by atoms with Crippen molar-refractivity contribution in [2.75, 3.05) is 18.9 Å². The summed E-state index contributed by atoms with van der Waals surface area (Å²) in [6.45, 7) is 4.70. The lowest BCUT2D eigenvalue weighted by molar-refractivity contribution is 0.126. The van der Waals surface area contributed by atoms with Crippen molar-refractivity contribution in [3.8, 4) is 0 Å². The van der Waals surface area contributed by atoms with E-state index in [2.05, 4.69) is 14.5 Å². The van der Waals surface area contributed by atoms with E-state index in [1.54, 1.807) is 11.3 Å². The lowest BCUT2D eigenvalue weighted by atomic mass is 10.3. The van der Waals surface area contributed by atoms with Gasteiger partial charge in [-0.3, -0.25) is 0 Å². The molecule has 0 aliphatic carbocycles. The number of hydrogen-bond donors (Lipinski definition) is 2. The third kappa shape index (κ3) is 2.67. The highest BCUT2D eigenvalue weighted by Gasteiger charge is 2.17. The van der Waals surface area contributed by atoms with Gasteiger partial charge >= 0.3 is 0 Å². The van der Waals surface area contributed by atoms with Crippen LogP contribution in [-0.4, -0.2) is 27.7 Å². The number of fused-ring (bicyclic) bond motifs is 3. The number of rotatable bonds is 7. The second-order valence-corrected chi connectivity index (χ2v) is 6.06. The number of aromatic nitrogens is 3. The summed E-state index contributed by atoms with van der Waals surface area (Å²) in [5.74, 6) is 1.39. The fraction of sp³-hybridized carbons (Fsp3) is 0.467. The minimum Gasteiger partial charge on any atom is -0.382 e. The predicted octanol–water partition coefficient (Wildman–Crippen LogP) is 2.50. The van der Waals surface area contributed by atoms with Gasteiger partial charge in [-0.1, -0.05) is 0 Å². The van der Waals surface area contributed by atoms with Crippen molar-refractivity contribution >= 4 is 38.4 Å². The maximum Gasteiger partial charge on any atom is 0.152 e. The van der Waals surface area contributed by atoms with Crippen LogP contribution in [0.3, 0.4) is 0 Å². The fourth-order valence-corrected chi connectivity index (χ4v) is 3.50. The Morgan fingerprint density at radius 3 is 2.95 bits per heavy atom. The molecule has 118 valence electrons. The first-order valence-corrected chi connectivity index (χ1v) is 8.43. The highest BCUT2D eigenvalue weighted by molar-refractivity contribution is 7.18.